The summed E-state index contributed by atoms with van der Waals surface area (Å²) in [6, 6.07) is 8.36. The fourth-order valence-corrected chi connectivity index (χ4v) is 1.87. The van der Waals surface area contributed by atoms with E-state index in [1.807, 2.05) is 0 Å². The zero-order valence-electron chi connectivity index (χ0n) is 9.95. The molecule has 1 unspecified atom stereocenters. The Morgan fingerprint density at radius 2 is 1.88 bits per heavy atom. The first-order valence-electron chi connectivity index (χ1n) is 5.70. The van der Waals surface area contributed by atoms with Gasteiger partial charge in [-0.25, -0.2) is 0 Å². The quantitative estimate of drug-likeness (QED) is 0.870. The molecule has 0 aromatic heterocycles. The molecular weight excluding hydrogens is 266 g/mol. The first-order valence-corrected chi connectivity index (χ1v) is 6.50. The molecule has 1 aromatic rings. The molecule has 16 heavy (non-hydrogen) atoms. The van der Waals surface area contributed by atoms with Crippen LogP contribution < -0.4 is 5.73 Å². The van der Waals surface area contributed by atoms with Crippen molar-refractivity contribution >= 4 is 15.9 Å². The molecule has 0 radical (unpaired) electrons. The minimum Gasteiger partial charge on any atom is -0.379 e. The van der Waals surface area contributed by atoms with Crippen LogP contribution in [0.5, 0.6) is 0 Å². The first kappa shape index (κ1) is 13.7. The third-order valence-corrected chi connectivity index (χ3v) is 3.07. The second kappa shape index (κ2) is 7.05. The summed E-state index contributed by atoms with van der Waals surface area (Å²) in [5.41, 5.74) is 7.08. The van der Waals surface area contributed by atoms with E-state index in [1.165, 1.54) is 5.56 Å². The van der Waals surface area contributed by atoms with Gasteiger partial charge in [-0.15, -0.1) is 0 Å². The summed E-state index contributed by atoms with van der Waals surface area (Å²) in [5.74, 6) is 0.395. The molecule has 0 saturated heterocycles. The Morgan fingerprint density at radius 3 is 2.38 bits per heavy atom. The Morgan fingerprint density at radius 1 is 1.25 bits per heavy atom. The van der Waals surface area contributed by atoms with Gasteiger partial charge in [0.1, 0.15) is 0 Å². The van der Waals surface area contributed by atoms with Gasteiger partial charge in [-0.05, 0) is 50.4 Å². The summed E-state index contributed by atoms with van der Waals surface area (Å²) < 4.78 is 6.66. The molecule has 0 heterocycles. The lowest BCUT2D eigenvalue weighted by Crippen LogP contribution is -2.16. The molecule has 1 aromatic carbocycles. The Balaban J connectivity index is 2.50. The average Bonchev–Trinajstić information content (AvgIpc) is 2.26. The zero-order chi connectivity index (χ0) is 12.0. The Hall–Kier alpha value is -0.380. The third kappa shape index (κ3) is 4.64. The van der Waals surface area contributed by atoms with Crippen LogP contribution in [-0.2, 0) is 4.74 Å². The molecule has 90 valence electrons. The monoisotopic (exact) mass is 285 g/mol. The van der Waals surface area contributed by atoms with Crippen LogP contribution in [0, 0.1) is 0 Å². The second-order valence-corrected chi connectivity index (χ2v) is 5.11. The van der Waals surface area contributed by atoms with Crippen molar-refractivity contribution in [3.8, 4) is 0 Å². The molecule has 0 fully saturated rings. The molecule has 1 atom stereocenters. The van der Waals surface area contributed by atoms with Crippen molar-refractivity contribution in [3.05, 3.63) is 34.3 Å². The summed E-state index contributed by atoms with van der Waals surface area (Å²) >= 11 is 3.43. The van der Waals surface area contributed by atoms with E-state index >= 15 is 0 Å². The minimum absolute atomic E-state index is 0.295. The lowest BCUT2D eigenvalue weighted by atomic mass is 9.96. The molecule has 0 saturated carbocycles. The largest absolute Gasteiger partial charge is 0.379 e. The van der Waals surface area contributed by atoms with Crippen molar-refractivity contribution < 1.29 is 4.74 Å². The van der Waals surface area contributed by atoms with Crippen LogP contribution in [0.2, 0.25) is 0 Å². The molecule has 0 bridgehead atoms. The molecule has 2 nitrogen and oxygen atoms in total. The van der Waals surface area contributed by atoms with E-state index in [1.54, 1.807) is 0 Å². The van der Waals surface area contributed by atoms with Gasteiger partial charge in [0, 0.05) is 11.1 Å². The molecule has 0 aliphatic rings. The average molecular weight is 286 g/mol. The van der Waals surface area contributed by atoms with Gasteiger partial charge < -0.3 is 10.5 Å². The van der Waals surface area contributed by atoms with E-state index in [0.717, 1.165) is 17.5 Å². The lowest BCUT2D eigenvalue weighted by Gasteiger charge is -2.16. The van der Waals surface area contributed by atoms with Crippen LogP contribution in [0.4, 0.5) is 0 Å². The van der Waals surface area contributed by atoms with Gasteiger partial charge in [0.05, 0.1) is 6.10 Å². The number of benzene rings is 1. The predicted molar refractivity (Wildman–Crippen MR) is 71.6 cm³/mol. The zero-order valence-corrected chi connectivity index (χ0v) is 11.5. The summed E-state index contributed by atoms with van der Waals surface area (Å²) in [6.45, 7) is 5.55. The fourth-order valence-electron chi connectivity index (χ4n) is 1.60. The number of halogens is 1. The molecule has 2 N–H and O–H groups in total. The maximum atomic E-state index is 5.79. The van der Waals surface area contributed by atoms with Crippen LogP contribution in [0.1, 0.15) is 31.7 Å². The van der Waals surface area contributed by atoms with Crippen LogP contribution in [0.25, 0.3) is 0 Å². The van der Waals surface area contributed by atoms with Crippen LogP contribution in [0.15, 0.2) is 28.7 Å². The first-order chi connectivity index (χ1) is 7.63. The summed E-state index contributed by atoms with van der Waals surface area (Å²) in [4.78, 5) is 0. The van der Waals surface area contributed by atoms with Crippen molar-refractivity contribution in [1.82, 2.24) is 0 Å². The highest BCUT2D eigenvalue weighted by atomic mass is 79.9. The Labute approximate surface area is 106 Å². The van der Waals surface area contributed by atoms with Gasteiger partial charge in [0.15, 0.2) is 0 Å². The van der Waals surface area contributed by atoms with Gasteiger partial charge in [0.25, 0.3) is 0 Å². The van der Waals surface area contributed by atoms with Gasteiger partial charge in [-0.1, -0.05) is 28.1 Å². The summed E-state index contributed by atoms with van der Waals surface area (Å²) in [6.07, 6.45) is 1.28. The van der Waals surface area contributed by atoms with Crippen molar-refractivity contribution in [1.29, 1.82) is 0 Å². The highest BCUT2D eigenvalue weighted by molar-refractivity contribution is 9.10. The van der Waals surface area contributed by atoms with Crippen LogP contribution >= 0.6 is 15.9 Å². The molecule has 1 rings (SSSR count). The standard InChI is InChI=1S/C13H20BrNO/c1-10(2)16-8-7-12(9-15)11-3-5-13(14)6-4-11/h3-6,10,12H,7-9,15H2,1-2H3. The van der Waals surface area contributed by atoms with E-state index in [2.05, 4.69) is 54.0 Å². The van der Waals surface area contributed by atoms with Gasteiger partial charge in [-0.2, -0.15) is 0 Å². The number of rotatable bonds is 6. The van der Waals surface area contributed by atoms with E-state index in [4.69, 9.17) is 10.5 Å². The predicted octanol–water partition coefficient (Wildman–Crippen LogP) is 3.31. The minimum atomic E-state index is 0.295. The highest BCUT2D eigenvalue weighted by Gasteiger charge is 2.09. The van der Waals surface area contributed by atoms with E-state index in [0.29, 0.717) is 18.6 Å². The molecule has 0 spiro atoms. The number of hydrogen-bond donors (Lipinski definition) is 1. The Kier molecular flexibility index (Phi) is 6.03. The number of hydrogen-bond acceptors (Lipinski definition) is 2. The third-order valence-electron chi connectivity index (χ3n) is 2.54. The molecule has 0 aliphatic carbocycles. The van der Waals surface area contributed by atoms with Crippen LogP contribution in [-0.4, -0.2) is 19.3 Å². The van der Waals surface area contributed by atoms with Crippen molar-refractivity contribution in [3.63, 3.8) is 0 Å². The molecule has 0 aliphatic heterocycles. The molecule has 3 heteroatoms. The lowest BCUT2D eigenvalue weighted by molar-refractivity contribution is 0.0737. The second-order valence-electron chi connectivity index (χ2n) is 4.19. The smallest absolute Gasteiger partial charge is 0.0518 e. The summed E-state index contributed by atoms with van der Waals surface area (Å²) in [5, 5.41) is 0. The fraction of sp³-hybridized carbons (Fsp3) is 0.538. The topological polar surface area (TPSA) is 35.2 Å². The molecule has 0 amide bonds. The van der Waals surface area contributed by atoms with Crippen molar-refractivity contribution in [2.45, 2.75) is 32.3 Å². The highest BCUT2D eigenvalue weighted by Crippen LogP contribution is 2.21. The maximum absolute atomic E-state index is 5.79. The van der Waals surface area contributed by atoms with Gasteiger partial charge in [-0.3, -0.25) is 0 Å². The molecular formula is C13H20BrNO. The van der Waals surface area contributed by atoms with Crippen molar-refractivity contribution in [2.75, 3.05) is 13.2 Å². The van der Waals surface area contributed by atoms with Crippen LogP contribution in [0.3, 0.4) is 0 Å². The van der Waals surface area contributed by atoms with E-state index < -0.39 is 0 Å². The Bertz CT molecular complexity index is 297. The summed E-state index contributed by atoms with van der Waals surface area (Å²) in [7, 11) is 0. The van der Waals surface area contributed by atoms with E-state index in [9.17, 15) is 0 Å². The maximum Gasteiger partial charge on any atom is 0.0518 e. The van der Waals surface area contributed by atoms with Gasteiger partial charge >= 0.3 is 0 Å². The normalized spacial score (nSPS) is 13.1. The number of ether oxygens (including phenoxy) is 1. The number of nitrogens with two attached hydrogens (primary N) is 1. The van der Waals surface area contributed by atoms with Gasteiger partial charge in [0.2, 0.25) is 0 Å². The van der Waals surface area contributed by atoms with Crippen molar-refractivity contribution in [2.24, 2.45) is 5.73 Å². The van der Waals surface area contributed by atoms with E-state index in [-0.39, 0.29) is 0 Å². The SMILES string of the molecule is CC(C)OCCC(CN)c1ccc(Br)cc1.